The lowest BCUT2D eigenvalue weighted by molar-refractivity contribution is -0.385. The van der Waals surface area contributed by atoms with Gasteiger partial charge in [-0.3, -0.25) is 14.9 Å². The van der Waals surface area contributed by atoms with E-state index in [-0.39, 0.29) is 22.1 Å². The Kier molecular flexibility index (Phi) is 5.17. The summed E-state index contributed by atoms with van der Waals surface area (Å²) in [6.45, 7) is 0. The minimum absolute atomic E-state index is 0.00542. The van der Waals surface area contributed by atoms with Gasteiger partial charge in [-0.15, -0.1) is 0 Å². The monoisotopic (exact) mass is 374 g/mol. The van der Waals surface area contributed by atoms with Crippen molar-refractivity contribution in [2.45, 2.75) is 6.18 Å². The molecule has 0 bridgehead atoms. The van der Waals surface area contributed by atoms with Gasteiger partial charge in [-0.25, -0.2) is 0 Å². The lowest BCUT2D eigenvalue weighted by atomic mass is 10.1. The number of benzene rings is 2. The Labute approximate surface area is 144 Å². The van der Waals surface area contributed by atoms with Crippen LogP contribution in [0, 0.1) is 10.1 Å². The fourth-order valence-corrected chi connectivity index (χ4v) is 2.16. The molecular weight excluding hydrogens is 365 g/mol. The van der Waals surface area contributed by atoms with Gasteiger partial charge in [0.2, 0.25) is 0 Å². The molecule has 25 heavy (non-hydrogen) atoms. The van der Waals surface area contributed by atoms with Gasteiger partial charge < -0.3 is 10.1 Å². The molecule has 0 radical (unpaired) electrons. The van der Waals surface area contributed by atoms with E-state index in [0.29, 0.717) is 6.07 Å². The molecular formula is C15H10ClF3N2O4. The van der Waals surface area contributed by atoms with Crippen LogP contribution in [0.1, 0.15) is 15.9 Å². The Morgan fingerprint density at radius 1 is 1.24 bits per heavy atom. The summed E-state index contributed by atoms with van der Waals surface area (Å²) in [7, 11) is 1.30. The van der Waals surface area contributed by atoms with E-state index < -0.39 is 28.3 Å². The Morgan fingerprint density at radius 3 is 2.44 bits per heavy atom. The van der Waals surface area contributed by atoms with E-state index in [1.807, 2.05) is 0 Å². The van der Waals surface area contributed by atoms with Crippen molar-refractivity contribution in [3.05, 3.63) is 62.7 Å². The number of rotatable bonds is 4. The van der Waals surface area contributed by atoms with Crippen LogP contribution in [0.25, 0.3) is 0 Å². The molecule has 2 aromatic rings. The van der Waals surface area contributed by atoms with Crippen LogP contribution in [0.15, 0.2) is 36.4 Å². The quantitative estimate of drug-likeness (QED) is 0.634. The third-order valence-corrected chi connectivity index (χ3v) is 3.42. The second-order valence-corrected chi connectivity index (χ2v) is 5.17. The molecule has 0 aliphatic heterocycles. The molecule has 2 aromatic carbocycles. The molecule has 1 N–H and O–H groups in total. The second kappa shape index (κ2) is 6.98. The molecule has 10 heteroatoms. The van der Waals surface area contributed by atoms with Crippen molar-refractivity contribution in [2.24, 2.45) is 0 Å². The SMILES string of the molecule is CNC(=O)c1cc(Oc2ccc(C(F)(F)F)cc2Cl)ccc1[N+](=O)[O-]. The van der Waals surface area contributed by atoms with E-state index in [4.69, 9.17) is 16.3 Å². The summed E-state index contributed by atoms with van der Waals surface area (Å²) >= 11 is 5.78. The van der Waals surface area contributed by atoms with Crippen LogP contribution in [0.3, 0.4) is 0 Å². The second-order valence-electron chi connectivity index (χ2n) is 4.76. The van der Waals surface area contributed by atoms with Gasteiger partial charge in [0, 0.05) is 19.2 Å². The van der Waals surface area contributed by atoms with Crippen LogP contribution in [0.4, 0.5) is 18.9 Å². The van der Waals surface area contributed by atoms with Crippen molar-refractivity contribution in [1.29, 1.82) is 0 Å². The fraction of sp³-hybridized carbons (Fsp3) is 0.133. The predicted octanol–water partition coefficient (Wildman–Crippen LogP) is 4.42. The van der Waals surface area contributed by atoms with E-state index in [9.17, 15) is 28.1 Å². The predicted molar refractivity (Wildman–Crippen MR) is 83.0 cm³/mol. The van der Waals surface area contributed by atoms with E-state index in [1.54, 1.807) is 0 Å². The summed E-state index contributed by atoms with van der Waals surface area (Å²) in [6, 6.07) is 5.86. The molecule has 0 fully saturated rings. The molecule has 0 saturated heterocycles. The molecule has 0 unspecified atom stereocenters. The maximum absolute atomic E-state index is 12.6. The average Bonchev–Trinajstić information content (AvgIpc) is 2.54. The standard InChI is InChI=1S/C15H10ClF3N2O4/c1-20-14(22)10-7-9(3-4-12(10)21(23)24)25-13-5-2-8(6-11(13)16)15(17,18)19/h2-7H,1H3,(H,20,22). The minimum Gasteiger partial charge on any atom is -0.456 e. The number of carbonyl (C=O) groups excluding carboxylic acids is 1. The molecule has 0 atom stereocenters. The Hall–Kier alpha value is -2.81. The molecule has 6 nitrogen and oxygen atoms in total. The highest BCUT2D eigenvalue weighted by Gasteiger charge is 2.31. The number of nitrogens with one attached hydrogen (secondary N) is 1. The number of ether oxygens (including phenoxy) is 1. The van der Waals surface area contributed by atoms with Crippen LogP contribution in [0.5, 0.6) is 11.5 Å². The molecule has 0 saturated carbocycles. The van der Waals surface area contributed by atoms with Crippen molar-refractivity contribution >= 4 is 23.2 Å². The molecule has 0 heterocycles. The first-order valence-corrected chi connectivity index (χ1v) is 7.06. The van der Waals surface area contributed by atoms with Gasteiger partial charge in [-0.2, -0.15) is 13.2 Å². The number of nitrogens with zero attached hydrogens (tertiary/aromatic N) is 1. The zero-order chi connectivity index (χ0) is 18.8. The lowest BCUT2D eigenvalue weighted by Crippen LogP contribution is -2.19. The number of alkyl halides is 3. The minimum atomic E-state index is -4.55. The Balaban J connectivity index is 2.38. The smallest absolute Gasteiger partial charge is 0.416 e. The van der Waals surface area contributed by atoms with Crippen molar-refractivity contribution in [2.75, 3.05) is 7.05 Å². The summed E-state index contributed by atoms with van der Waals surface area (Å²) in [5.41, 5.74) is -1.64. The number of hydrogen-bond donors (Lipinski definition) is 1. The van der Waals surface area contributed by atoms with Gasteiger partial charge in [0.1, 0.15) is 17.1 Å². The molecule has 0 aliphatic carbocycles. The normalized spacial score (nSPS) is 11.1. The fourth-order valence-electron chi connectivity index (χ4n) is 1.94. The van der Waals surface area contributed by atoms with Gasteiger partial charge in [0.05, 0.1) is 15.5 Å². The Morgan fingerprint density at radius 2 is 1.92 bits per heavy atom. The highest BCUT2D eigenvalue weighted by atomic mass is 35.5. The highest BCUT2D eigenvalue weighted by Crippen LogP contribution is 2.37. The molecule has 0 aliphatic rings. The third-order valence-electron chi connectivity index (χ3n) is 3.12. The van der Waals surface area contributed by atoms with E-state index in [0.717, 1.165) is 24.3 Å². The number of halogens is 4. The summed E-state index contributed by atoms with van der Waals surface area (Å²) in [4.78, 5) is 22.0. The van der Waals surface area contributed by atoms with Gasteiger partial charge in [0.25, 0.3) is 11.6 Å². The average molecular weight is 375 g/mol. The maximum atomic E-state index is 12.6. The summed E-state index contributed by atoms with van der Waals surface area (Å²) in [6.07, 6.45) is -4.55. The molecule has 132 valence electrons. The van der Waals surface area contributed by atoms with Crippen LogP contribution < -0.4 is 10.1 Å². The molecule has 0 aromatic heterocycles. The summed E-state index contributed by atoms with van der Waals surface area (Å²) < 4.78 is 43.2. The Bertz CT molecular complexity index is 840. The van der Waals surface area contributed by atoms with Crippen LogP contribution in [-0.2, 0) is 6.18 Å². The van der Waals surface area contributed by atoms with E-state index >= 15 is 0 Å². The van der Waals surface area contributed by atoms with E-state index in [1.165, 1.54) is 13.1 Å². The first kappa shape index (κ1) is 18.5. The van der Waals surface area contributed by atoms with Crippen molar-refractivity contribution < 1.29 is 27.6 Å². The van der Waals surface area contributed by atoms with Gasteiger partial charge in [0.15, 0.2) is 0 Å². The van der Waals surface area contributed by atoms with E-state index in [2.05, 4.69) is 5.32 Å². The van der Waals surface area contributed by atoms with Crippen molar-refractivity contribution in [3.63, 3.8) is 0 Å². The number of nitro groups is 1. The molecule has 1 amide bonds. The largest absolute Gasteiger partial charge is 0.456 e. The van der Waals surface area contributed by atoms with Crippen LogP contribution in [0.2, 0.25) is 5.02 Å². The number of nitro benzene ring substituents is 1. The van der Waals surface area contributed by atoms with Crippen molar-refractivity contribution in [1.82, 2.24) is 5.32 Å². The number of carbonyl (C=O) groups is 1. The highest BCUT2D eigenvalue weighted by molar-refractivity contribution is 6.32. The lowest BCUT2D eigenvalue weighted by Gasteiger charge is -2.12. The van der Waals surface area contributed by atoms with Crippen LogP contribution >= 0.6 is 11.6 Å². The van der Waals surface area contributed by atoms with Gasteiger partial charge >= 0.3 is 6.18 Å². The maximum Gasteiger partial charge on any atom is 0.416 e. The number of amides is 1. The zero-order valence-corrected chi connectivity index (χ0v) is 13.3. The number of hydrogen-bond acceptors (Lipinski definition) is 4. The van der Waals surface area contributed by atoms with Crippen molar-refractivity contribution in [3.8, 4) is 11.5 Å². The first-order valence-electron chi connectivity index (χ1n) is 6.68. The summed E-state index contributed by atoms with van der Waals surface area (Å²) in [5.74, 6) is -0.798. The first-order chi connectivity index (χ1) is 11.6. The third kappa shape index (κ3) is 4.18. The summed E-state index contributed by atoms with van der Waals surface area (Å²) in [5, 5.41) is 12.9. The molecule has 0 spiro atoms. The topological polar surface area (TPSA) is 81.5 Å². The molecule has 2 rings (SSSR count). The van der Waals surface area contributed by atoms with Gasteiger partial charge in [-0.1, -0.05) is 11.6 Å². The van der Waals surface area contributed by atoms with Gasteiger partial charge in [-0.05, 0) is 24.3 Å². The van der Waals surface area contributed by atoms with Crippen LogP contribution in [-0.4, -0.2) is 17.9 Å². The zero-order valence-electron chi connectivity index (χ0n) is 12.6.